The molecule has 1 N–H and O–H groups in total. The summed E-state index contributed by atoms with van der Waals surface area (Å²) >= 11 is 2.62. The highest BCUT2D eigenvalue weighted by Crippen LogP contribution is 2.06. The fraction of sp³-hybridized carbons (Fsp3) is 0.571. The Morgan fingerprint density at radius 2 is 2.36 bits per heavy atom. The SMILES string of the molecule is C#CC[C@H](NSC)C(=O)SC. The number of carbonyl (C=O) groups excluding carboxylic acids is 1. The van der Waals surface area contributed by atoms with Crippen LogP contribution in [-0.4, -0.2) is 23.7 Å². The third kappa shape index (κ3) is 4.35. The molecule has 0 radical (unpaired) electrons. The molecule has 0 aliphatic rings. The van der Waals surface area contributed by atoms with Crippen molar-refractivity contribution in [2.45, 2.75) is 12.5 Å². The quantitative estimate of drug-likeness (QED) is 0.530. The number of rotatable bonds is 4. The van der Waals surface area contributed by atoms with Crippen molar-refractivity contribution in [3.8, 4) is 12.3 Å². The maximum absolute atomic E-state index is 11.1. The molecule has 0 amide bonds. The van der Waals surface area contributed by atoms with Gasteiger partial charge >= 0.3 is 0 Å². The van der Waals surface area contributed by atoms with Crippen LogP contribution >= 0.6 is 23.7 Å². The summed E-state index contributed by atoms with van der Waals surface area (Å²) in [6, 6.07) is -0.204. The lowest BCUT2D eigenvalue weighted by Gasteiger charge is -2.10. The number of hydrogen-bond donors (Lipinski definition) is 1. The van der Waals surface area contributed by atoms with Crippen LogP contribution in [0.2, 0.25) is 0 Å². The molecule has 0 aromatic rings. The fourth-order valence-electron chi connectivity index (χ4n) is 0.575. The highest BCUT2D eigenvalue weighted by molar-refractivity contribution is 8.13. The Morgan fingerprint density at radius 3 is 2.73 bits per heavy atom. The molecule has 4 heteroatoms. The zero-order chi connectivity index (χ0) is 8.69. The van der Waals surface area contributed by atoms with Gasteiger partial charge < -0.3 is 0 Å². The largest absolute Gasteiger partial charge is 0.285 e. The standard InChI is InChI=1S/C7H11NOS2/c1-4-5-6(8-11-3)7(9)10-2/h1,6,8H,5H2,2-3H3/t6-/m0/s1. The molecule has 0 unspecified atom stereocenters. The molecular formula is C7H11NOS2. The van der Waals surface area contributed by atoms with Gasteiger partial charge in [0.15, 0.2) is 0 Å². The van der Waals surface area contributed by atoms with Crippen molar-refractivity contribution in [1.29, 1.82) is 0 Å². The van der Waals surface area contributed by atoms with E-state index in [0.717, 1.165) is 0 Å². The molecule has 0 fully saturated rings. The van der Waals surface area contributed by atoms with Crippen LogP contribution in [0.1, 0.15) is 6.42 Å². The summed E-state index contributed by atoms with van der Waals surface area (Å²) in [4.78, 5) is 11.1. The summed E-state index contributed by atoms with van der Waals surface area (Å²) in [6.45, 7) is 0. The Balaban J connectivity index is 3.89. The van der Waals surface area contributed by atoms with Gasteiger partial charge in [-0.3, -0.25) is 9.52 Å². The van der Waals surface area contributed by atoms with E-state index in [2.05, 4.69) is 10.6 Å². The predicted molar refractivity (Wildman–Crippen MR) is 52.4 cm³/mol. The van der Waals surface area contributed by atoms with E-state index in [1.54, 1.807) is 6.26 Å². The summed E-state index contributed by atoms with van der Waals surface area (Å²) in [5.74, 6) is 2.46. The van der Waals surface area contributed by atoms with E-state index in [4.69, 9.17) is 6.42 Å². The minimum Gasteiger partial charge on any atom is -0.285 e. The van der Waals surface area contributed by atoms with Gasteiger partial charge in [-0.05, 0) is 12.5 Å². The van der Waals surface area contributed by atoms with Crippen LogP contribution in [0.5, 0.6) is 0 Å². The lowest BCUT2D eigenvalue weighted by molar-refractivity contribution is -0.112. The third-order valence-corrected chi connectivity index (χ3v) is 2.27. The Morgan fingerprint density at radius 1 is 1.73 bits per heavy atom. The predicted octanol–water partition coefficient (Wildman–Crippen LogP) is 1.14. The van der Waals surface area contributed by atoms with Gasteiger partial charge in [0.1, 0.15) is 0 Å². The van der Waals surface area contributed by atoms with Gasteiger partial charge in [0, 0.05) is 6.42 Å². The van der Waals surface area contributed by atoms with E-state index < -0.39 is 0 Å². The molecular weight excluding hydrogens is 178 g/mol. The topological polar surface area (TPSA) is 29.1 Å². The summed E-state index contributed by atoms with van der Waals surface area (Å²) in [5, 5.41) is 0.0947. The Kier molecular flexibility index (Phi) is 6.52. The van der Waals surface area contributed by atoms with E-state index in [1.807, 2.05) is 6.26 Å². The number of thioether (sulfide) groups is 1. The Hall–Kier alpha value is -0.110. The first-order valence-corrected chi connectivity index (χ1v) is 5.51. The number of terminal acetylenes is 1. The van der Waals surface area contributed by atoms with E-state index in [1.165, 1.54) is 23.7 Å². The van der Waals surface area contributed by atoms with Crippen molar-refractivity contribution >= 4 is 28.8 Å². The average molecular weight is 189 g/mol. The van der Waals surface area contributed by atoms with Gasteiger partial charge in [-0.15, -0.1) is 12.3 Å². The molecule has 62 valence electrons. The van der Waals surface area contributed by atoms with Crippen molar-refractivity contribution in [3.05, 3.63) is 0 Å². The van der Waals surface area contributed by atoms with Crippen LogP contribution in [0.25, 0.3) is 0 Å². The second kappa shape index (κ2) is 6.59. The molecule has 0 saturated carbocycles. The molecule has 0 bridgehead atoms. The van der Waals surface area contributed by atoms with E-state index in [0.29, 0.717) is 6.42 Å². The molecule has 0 aromatic carbocycles. The minimum atomic E-state index is -0.204. The first-order chi connectivity index (χ1) is 5.26. The molecule has 2 nitrogen and oxygen atoms in total. The number of hydrogen-bond acceptors (Lipinski definition) is 4. The van der Waals surface area contributed by atoms with Crippen LogP contribution in [0.3, 0.4) is 0 Å². The van der Waals surface area contributed by atoms with Gasteiger partial charge in [-0.1, -0.05) is 23.7 Å². The van der Waals surface area contributed by atoms with Crippen molar-refractivity contribution < 1.29 is 4.79 Å². The summed E-state index contributed by atoms with van der Waals surface area (Å²) in [7, 11) is 0. The second-order valence-corrected chi connectivity index (χ2v) is 3.26. The van der Waals surface area contributed by atoms with Gasteiger partial charge in [0.25, 0.3) is 0 Å². The van der Waals surface area contributed by atoms with Crippen molar-refractivity contribution in [2.75, 3.05) is 12.5 Å². The molecule has 11 heavy (non-hydrogen) atoms. The lowest BCUT2D eigenvalue weighted by Crippen LogP contribution is -2.29. The van der Waals surface area contributed by atoms with E-state index in [-0.39, 0.29) is 11.2 Å². The number of carbonyl (C=O) groups is 1. The first kappa shape index (κ1) is 10.9. The van der Waals surface area contributed by atoms with Crippen LogP contribution in [-0.2, 0) is 4.79 Å². The highest BCUT2D eigenvalue weighted by Gasteiger charge is 2.14. The fourth-order valence-corrected chi connectivity index (χ4v) is 1.55. The van der Waals surface area contributed by atoms with Crippen molar-refractivity contribution in [3.63, 3.8) is 0 Å². The maximum atomic E-state index is 11.1. The second-order valence-electron chi connectivity index (χ2n) is 1.81. The molecule has 0 spiro atoms. The molecule has 0 rings (SSSR count). The van der Waals surface area contributed by atoms with E-state index in [9.17, 15) is 4.79 Å². The molecule has 0 aliphatic carbocycles. The summed E-state index contributed by atoms with van der Waals surface area (Å²) < 4.78 is 2.94. The van der Waals surface area contributed by atoms with Crippen molar-refractivity contribution in [1.82, 2.24) is 4.72 Å². The molecule has 0 saturated heterocycles. The third-order valence-electron chi connectivity index (χ3n) is 1.07. The minimum absolute atomic E-state index is 0.0947. The zero-order valence-corrected chi connectivity index (χ0v) is 8.22. The molecule has 0 aliphatic heterocycles. The Bertz CT molecular complexity index is 164. The van der Waals surface area contributed by atoms with Gasteiger partial charge in [0.05, 0.1) is 6.04 Å². The van der Waals surface area contributed by atoms with Gasteiger partial charge in [0.2, 0.25) is 5.12 Å². The van der Waals surface area contributed by atoms with Crippen LogP contribution < -0.4 is 4.72 Å². The van der Waals surface area contributed by atoms with Crippen molar-refractivity contribution in [2.24, 2.45) is 0 Å². The van der Waals surface area contributed by atoms with Crippen LogP contribution in [0.4, 0.5) is 0 Å². The number of nitrogens with one attached hydrogen (secondary N) is 1. The van der Waals surface area contributed by atoms with Gasteiger partial charge in [-0.25, -0.2) is 0 Å². The lowest BCUT2D eigenvalue weighted by atomic mass is 10.2. The van der Waals surface area contributed by atoms with Crippen LogP contribution in [0, 0.1) is 12.3 Å². The van der Waals surface area contributed by atoms with Crippen LogP contribution in [0.15, 0.2) is 0 Å². The summed E-state index contributed by atoms with van der Waals surface area (Å²) in [6.07, 6.45) is 9.18. The average Bonchev–Trinajstić information content (AvgIpc) is 2.03. The highest BCUT2D eigenvalue weighted by atomic mass is 32.2. The summed E-state index contributed by atoms with van der Waals surface area (Å²) in [5.41, 5.74) is 0. The first-order valence-electron chi connectivity index (χ1n) is 3.06. The molecule has 1 atom stereocenters. The monoisotopic (exact) mass is 189 g/mol. The smallest absolute Gasteiger partial charge is 0.207 e. The Labute approximate surface area is 76.0 Å². The van der Waals surface area contributed by atoms with E-state index >= 15 is 0 Å². The maximum Gasteiger partial charge on any atom is 0.207 e. The molecule has 0 heterocycles. The molecule has 0 aromatic heterocycles. The van der Waals surface area contributed by atoms with Gasteiger partial charge in [-0.2, -0.15) is 0 Å². The zero-order valence-electron chi connectivity index (χ0n) is 6.59. The normalized spacial score (nSPS) is 12.1.